The number of hydrogen-bond donors (Lipinski definition) is 2. The summed E-state index contributed by atoms with van der Waals surface area (Å²) >= 11 is 1.42. The third-order valence-corrected chi connectivity index (χ3v) is 4.90. The molecule has 2 aromatic carbocycles. The average molecular weight is 366 g/mol. The number of carbonyl (C=O) groups excluding carboxylic acids is 1. The fraction of sp³-hybridized carbons (Fsp3) is 0.238. The number of carbonyl (C=O) groups is 1. The lowest BCUT2D eigenvalue weighted by atomic mass is 10.1. The van der Waals surface area contributed by atoms with Crippen LogP contribution in [0.5, 0.6) is 0 Å². The molecule has 2 N–H and O–H groups in total. The Balaban J connectivity index is 1.57. The number of aryl methyl sites for hydroxylation is 3. The van der Waals surface area contributed by atoms with Gasteiger partial charge >= 0.3 is 0 Å². The highest BCUT2D eigenvalue weighted by Crippen LogP contribution is 2.20. The largest absolute Gasteiger partial charge is 0.337 e. The van der Waals surface area contributed by atoms with Crippen molar-refractivity contribution < 1.29 is 4.79 Å². The fourth-order valence-electron chi connectivity index (χ4n) is 2.87. The standard InChI is InChI=1S/C21H23N3OS/c1-14-9-15(2)11-18(10-14)23-20(25)13-26-21-22-16(3)19(24-21)12-17-7-5-4-6-8-17/h4-11H,12-13H2,1-3H3,(H,22,24)(H,23,25). The SMILES string of the molecule is Cc1cc(C)cc(NC(=O)CSc2nc(Cc3ccccc3)c(C)[nH]2)c1. The lowest BCUT2D eigenvalue weighted by Gasteiger charge is -2.06. The van der Waals surface area contributed by atoms with Crippen LogP contribution in [-0.2, 0) is 11.2 Å². The van der Waals surface area contributed by atoms with E-state index in [-0.39, 0.29) is 5.91 Å². The summed E-state index contributed by atoms with van der Waals surface area (Å²) in [5, 5.41) is 3.74. The lowest BCUT2D eigenvalue weighted by molar-refractivity contribution is -0.113. The number of imidazole rings is 1. The molecule has 134 valence electrons. The zero-order valence-electron chi connectivity index (χ0n) is 15.3. The summed E-state index contributed by atoms with van der Waals surface area (Å²) < 4.78 is 0. The summed E-state index contributed by atoms with van der Waals surface area (Å²) in [5.41, 5.74) is 6.42. The summed E-state index contributed by atoms with van der Waals surface area (Å²) in [7, 11) is 0. The van der Waals surface area contributed by atoms with Gasteiger partial charge in [-0.15, -0.1) is 0 Å². The predicted octanol–water partition coefficient (Wildman–Crippen LogP) is 4.66. The van der Waals surface area contributed by atoms with Gasteiger partial charge in [-0.25, -0.2) is 4.98 Å². The third kappa shape index (κ3) is 4.99. The molecule has 5 heteroatoms. The van der Waals surface area contributed by atoms with E-state index in [9.17, 15) is 4.79 Å². The van der Waals surface area contributed by atoms with Gasteiger partial charge in [0.15, 0.2) is 5.16 Å². The van der Waals surface area contributed by atoms with Crippen LogP contribution in [0.4, 0.5) is 5.69 Å². The lowest BCUT2D eigenvalue weighted by Crippen LogP contribution is -2.14. The molecule has 3 rings (SSSR count). The van der Waals surface area contributed by atoms with Crippen molar-refractivity contribution in [3.8, 4) is 0 Å². The van der Waals surface area contributed by atoms with Crippen molar-refractivity contribution in [2.24, 2.45) is 0 Å². The van der Waals surface area contributed by atoms with E-state index in [0.29, 0.717) is 5.75 Å². The highest BCUT2D eigenvalue weighted by atomic mass is 32.2. The molecule has 0 saturated carbocycles. The summed E-state index contributed by atoms with van der Waals surface area (Å²) in [4.78, 5) is 20.1. The van der Waals surface area contributed by atoms with Gasteiger partial charge in [0.25, 0.3) is 0 Å². The third-order valence-electron chi connectivity index (χ3n) is 4.02. The number of benzene rings is 2. The molecule has 0 fully saturated rings. The maximum atomic E-state index is 12.2. The second-order valence-corrected chi connectivity index (χ2v) is 7.45. The van der Waals surface area contributed by atoms with E-state index in [4.69, 9.17) is 0 Å². The zero-order valence-corrected chi connectivity index (χ0v) is 16.1. The highest BCUT2D eigenvalue weighted by molar-refractivity contribution is 7.99. The van der Waals surface area contributed by atoms with Crippen LogP contribution in [-0.4, -0.2) is 21.6 Å². The van der Waals surface area contributed by atoms with Gasteiger partial charge in [0.05, 0.1) is 11.4 Å². The van der Waals surface area contributed by atoms with Crippen molar-refractivity contribution in [2.75, 3.05) is 11.1 Å². The number of H-pyrrole nitrogens is 1. The Morgan fingerprint density at radius 3 is 2.46 bits per heavy atom. The van der Waals surface area contributed by atoms with Crippen molar-refractivity contribution in [3.63, 3.8) is 0 Å². The van der Waals surface area contributed by atoms with Crippen LogP contribution in [0.25, 0.3) is 0 Å². The van der Waals surface area contributed by atoms with Crippen LogP contribution < -0.4 is 5.32 Å². The molecule has 1 aromatic heterocycles. The molecule has 0 saturated heterocycles. The van der Waals surface area contributed by atoms with Gasteiger partial charge in [-0.05, 0) is 49.6 Å². The quantitative estimate of drug-likeness (QED) is 0.625. The van der Waals surface area contributed by atoms with Crippen molar-refractivity contribution in [3.05, 3.63) is 76.6 Å². The van der Waals surface area contributed by atoms with Crippen LogP contribution in [0.2, 0.25) is 0 Å². The van der Waals surface area contributed by atoms with Crippen LogP contribution in [0, 0.1) is 20.8 Å². The van der Waals surface area contributed by atoms with Crippen molar-refractivity contribution in [2.45, 2.75) is 32.3 Å². The number of hydrogen-bond acceptors (Lipinski definition) is 3. The Hall–Kier alpha value is -2.53. The van der Waals surface area contributed by atoms with Crippen LogP contribution in [0.3, 0.4) is 0 Å². The van der Waals surface area contributed by atoms with Crippen LogP contribution >= 0.6 is 11.8 Å². The Bertz CT molecular complexity index is 883. The molecule has 0 bridgehead atoms. The van der Waals surface area contributed by atoms with Gasteiger partial charge in [-0.3, -0.25) is 4.79 Å². The minimum Gasteiger partial charge on any atom is -0.337 e. The molecular formula is C21H23N3OS. The van der Waals surface area contributed by atoms with E-state index >= 15 is 0 Å². The van der Waals surface area contributed by atoms with E-state index in [1.807, 2.05) is 51.1 Å². The smallest absolute Gasteiger partial charge is 0.234 e. The molecule has 0 atom stereocenters. The summed E-state index contributed by atoms with van der Waals surface area (Å²) in [5.74, 6) is 0.295. The van der Waals surface area contributed by atoms with Crippen LogP contribution in [0.15, 0.2) is 53.7 Å². The van der Waals surface area contributed by atoms with Gasteiger partial charge < -0.3 is 10.3 Å². The number of rotatable bonds is 6. The first-order valence-corrected chi connectivity index (χ1v) is 9.58. The topological polar surface area (TPSA) is 57.8 Å². The Labute approximate surface area is 158 Å². The first kappa shape index (κ1) is 18.3. The van der Waals surface area contributed by atoms with Gasteiger partial charge in [-0.2, -0.15) is 0 Å². The fourth-order valence-corrected chi connectivity index (χ4v) is 3.61. The monoisotopic (exact) mass is 365 g/mol. The minimum atomic E-state index is -0.0290. The molecule has 26 heavy (non-hydrogen) atoms. The molecule has 0 unspecified atom stereocenters. The molecular weight excluding hydrogens is 342 g/mol. The molecule has 1 heterocycles. The van der Waals surface area contributed by atoms with E-state index < -0.39 is 0 Å². The number of aromatic nitrogens is 2. The summed E-state index contributed by atoms with van der Waals surface area (Å²) in [6.45, 7) is 6.07. The second-order valence-electron chi connectivity index (χ2n) is 6.49. The maximum absolute atomic E-state index is 12.2. The molecule has 0 aliphatic carbocycles. The first-order valence-electron chi connectivity index (χ1n) is 8.60. The normalized spacial score (nSPS) is 10.7. The van der Waals surface area contributed by atoms with Gasteiger partial charge in [0.1, 0.15) is 0 Å². The van der Waals surface area contributed by atoms with Crippen LogP contribution in [0.1, 0.15) is 28.1 Å². The van der Waals surface area contributed by atoms with Crippen molar-refractivity contribution in [1.82, 2.24) is 9.97 Å². The molecule has 3 aromatic rings. The number of thioether (sulfide) groups is 1. The van der Waals surface area contributed by atoms with Gasteiger partial charge in [0, 0.05) is 17.8 Å². The number of anilines is 1. The highest BCUT2D eigenvalue weighted by Gasteiger charge is 2.10. The molecule has 0 aliphatic heterocycles. The molecule has 0 spiro atoms. The van der Waals surface area contributed by atoms with E-state index in [1.165, 1.54) is 17.3 Å². The Kier molecular flexibility index (Phi) is 5.78. The Morgan fingerprint density at radius 2 is 1.77 bits per heavy atom. The zero-order chi connectivity index (χ0) is 18.5. The predicted molar refractivity (Wildman–Crippen MR) is 108 cm³/mol. The maximum Gasteiger partial charge on any atom is 0.234 e. The number of amides is 1. The first-order chi connectivity index (χ1) is 12.5. The van der Waals surface area contributed by atoms with E-state index in [1.54, 1.807) is 0 Å². The molecule has 4 nitrogen and oxygen atoms in total. The van der Waals surface area contributed by atoms with Crippen molar-refractivity contribution in [1.29, 1.82) is 0 Å². The molecule has 1 amide bonds. The van der Waals surface area contributed by atoms with E-state index in [2.05, 4.69) is 33.5 Å². The number of nitrogens with one attached hydrogen (secondary N) is 2. The van der Waals surface area contributed by atoms with Gasteiger partial charge in [-0.1, -0.05) is 48.2 Å². The molecule has 0 radical (unpaired) electrons. The summed E-state index contributed by atoms with van der Waals surface area (Å²) in [6, 6.07) is 16.3. The molecule has 0 aliphatic rings. The van der Waals surface area contributed by atoms with Gasteiger partial charge in [0.2, 0.25) is 5.91 Å². The number of aromatic amines is 1. The second kappa shape index (κ2) is 8.23. The average Bonchev–Trinajstić information content (AvgIpc) is 2.93. The number of nitrogens with zero attached hydrogens (tertiary/aromatic N) is 1. The summed E-state index contributed by atoms with van der Waals surface area (Å²) in [6.07, 6.45) is 0.790. The van der Waals surface area contributed by atoms with E-state index in [0.717, 1.165) is 39.8 Å². The van der Waals surface area contributed by atoms with Crippen molar-refractivity contribution >= 4 is 23.4 Å². The minimum absolute atomic E-state index is 0.0290. The Morgan fingerprint density at radius 1 is 1.08 bits per heavy atom.